The third-order valence-corrected chi connectivity index (χ3v) is 4.24. The third-order valence-electron chi connectivity index (χ3n) is 4.24. The second-order valence-electron chi connectivity index (χ2n) is 5.59. The first-order valence-electron chi connectivity index (χ1n) is 7.75. The Morgan fingerprint density at radius 2 is 1.75 bits per heavy atom. The summed E-state index contributed by atoms with van der Waals surface area (Å²) in [5.41, 5.74) is 4.95. The van der Waals surface area contributed by atoms with Crippen LogP contribution in [0.2, 0.25) is 0 Å². The number of aromatic nitrogens is 1. The largest absolute Gasteiger partial charge is 0.256 e. The molecular formula is C19H25N. The van der Waals surface area contributed by atoms with Crippen molar-refractivity contribution in [2.24, 2.45) is 5.92 Å². The van der Waals surface area contributed by atoms with Crippen molar-refractivity contribution in [3.63, 3.8) is 0 Å². The van der Waals surface area contributed by atoms with E-state index in [-0.39, 0.29) is 0 Å². The molecule has 0 radical (unpaired) electrons. The van der Waals surface area contributed by atoms with Crippen molar-refractivity contribution in [2.75, 3.05) is 0 Å². The first-order valence-corrected chi connectivity index (χ1v) is 7.75. The molecule has 0 saturated carbocycles. The number of nitrogens with zero attached hydrogens (tertiary/aromatic N) is 1. The van der Waals surface area contributed by atoms with E-state index in [0.29, 0.717) is 0 Å². The van der Waals surface area contributed by atoms with Gasteiger partial charge >= 0.3 is 0 Å². The van der Waals surface area contributed by atoms with E-state index >= 15 is 0 Å². The van der Waals surface area contributed by atoms with Gasteiger partial charge in [0, 0.05) is 11.8 Å². The van der Waals surface area contributed by atoms with Crippen LogP contribution in [0.15, 0.2) is 42.6 Å². The lowest BCUT2D eigenvalue weighted by Crippen LogP contribution is -1.99. The predicted molar refractivity (Wildman–Crippen MR) is 86.8 cm³/mol. The smallest absolute Gasteiger partial charge is 0.0704 e. The summed E-state index contributed by atoms with van der Waals surface area (Å²) in [7, 11) is 0. The first-order chi connectivity index (χ1) is 9.74. The molecular weight excluding hydrogens is 242 g/mol. The second-order valence-corrected chi connectivity index (χ2v) is 5.59. The maximum atomic E-state index is 4.64. The minimum atomic E-state index is 0.853. The Bertz CT molecular complexity index is 524. The van der Waals surface area contributed by atoms with Crippen LogP contribution in [-0.2, 0) is 6.42 Å². The maximum Gasteiger partial charge on any atom is 0.0704 e. The average molecular weight is 267 g/mol. The molecule has 20 heavy (non-hydrogen) atoms. The van der Waals surface area contributed by atoms with Crippen LogP contribution in [-0.4, -0.2) is 4.98 Å². The minimum absolute atomic E-state index is 0.853. The Morgan fingerprint density at radius 3 is 2.35 bits per heavy atom. The van der Waals surface area contributed by atoms with Crippen molar-refractivity contribution in [1.82, 2.24) is 4.98 Å². The molecule has 0 spiro atoms. The molecule has 0 atom stereocenters. The van der Waals surface area contributed by atoms with E-state index in [1.807, 2.05) is 6.20 Å². The van der Waals surface area contributed by atoms with Crippen molar-refractivity contribution in [2.45, 2.75) is 46.5 Å². The summed E-state index contributed by atoms with van der Waals surface area (Å²) in [5.74, 6) is 0.853. The Hall–Kier alpha value is -1.63. The Morgan fingerprint density at radius 1 is 1.00 bits per heavy atom. The van der Waals surface area contributed by atoms with Gasteiger partial charge in [0.2, 0.25) is 0 Å². The van der Waals surface area contributed by atoms with Gasteiger partial charge in [0.1, 0.15) is 0 Å². The molecule has 0 aliphatic heterocycles. The molecule has 0 saturated heterocycles. The van der Waals surface area contributed by atoms with Gasteiger partial charge in [-0.2, -0.15) is 0 Å². The van der Waals surface area contributed by atoms with Gasteiger partial charge in [0.15, 0.2) is 0 Å². The quantitative estimate of drug-likeness (QED) is 0.680. The van der Waals surface area contributed by atoms with E-state index in [1.54, 1.807) is 0 Å². The van der Waals surface area contributed by atoms with Crippen LogP contribution in [0.1, 0.15) is 44.2 Å². The summed E-state index contributed by atoms with van der Waals surface area (Å²) < 4.78 is 0. The van der Waals surface area contributed by atoms with Crippen LogP contribution in [0.25, 0.3) is 11.3 Å². The SMILES string of the molecule is CCC(CC)CCc1ccc(-c2ccccc2C)nc1. The molecule has 106 valence electrons. The zero-order chi connectivity index (χ0) is 14.4. The standard InChI is InChI=1S/C19H25N/c1-4-16(5-2)10-11-17-12-13-19(20-14-17)18-9-7-6-8-15(18)3/h6-9,12-14,16H,4-5,10-11H2,1-3H3. The van der Waals surface area contributed by atoms with E-state index < -0.39 is 0 Å². The molecule has 0 fully saturated rings. The van der Waals surface area contributed by atoms with Crippen molar-refractivity contribution < 1.29 is 0 Å². The average Bonchev–Trinajstić information content (AvgIpc) is 2.49. The summed E-state index contributed by atoms with van der Waals surface area (Å²) in [5, 5.41) is 0. The highest BCUT2D eigenvalue weighted by Crippen LogP contribution is 2.22. The lowest BCUT2D eigenvalue weighted by molar-refractivity contribution is 0.456. The summed E-state index contributed by atoms with van der Waals surface area (Å²) >= 11 is 0. The fourth-order valence-corrected chi connectivity index (χ4v) is 2.66. The highest BCUT2D eigenvalue weighted by Gasteiger charge is 2.05. The predicted octanol–water partition coefficient (Wildman–Crippen LogP) is 5.43. The topological polar surface area (TPSA) is 12.9 Å². The maximum absolute atomic E-state index is 4.64. The van der Waals surface area contributed by atoms with Gasteiger partial charge in [-0.15, -0.1) is 0 Å². The molecule has 1 nitrogen and oxygen atoms in total. The molecule has 0 unspecified atom stereocenters. The van der Waals surface area contributed by atoms with E-state index in [1.165, 1.54) is 36.0 Å². The van der Waals surface area contributed by atoms with E-state index in [9.17, 15) is 0 Å². The summed E-state index contributed by atoms with van der Waals surface area (Å²) in [6.07, 6.45) is 7.03. The van der Waals surface area contributed by atoms with Crippen molar-refractivity contribution in [3.8, 4) is 11.3 Å². The molecule has 2 aromatic rings. The highest BCUT2D eigenvalue weighted by atomic mass is 14.7. The van der Waals surface area contributed by atoms with Gasteiger partial charge in [-0.3, -0.25) is 4.98 Å². The highest BCUT2D eigenvalue weighted by molar-refractivity contribution is 5.63. The van der Waals surface area contributed by atoms with Gasteiger partial charge < -0.3 is 0 Å². The van der Waals surface area contributed by atoms with E-state index in [0.717, 1.165) is 18.0 Å². The molecule has 0 aliphatic rings. The minimum Gasteiger partial charge on any atom is -0.256 e. The number of benzene rings is 1. The Balaban J connectivity index is 2.05. The van der Waals surface area contributed by atoms with Crippen molar-refractivity contribution >= 4 is 0 Å². The number of rotatable bonds is 6. The molecule has 2 rings (SSSR count). The third kappa shape index (κ3) is 3.69. The van der Waals surface area contributed by atoms with Crippen LogP contribution in [0.3, 0.4) is 0 Å². The normalized spacial score (nSPS) is 11.0. The van der Waals surface area contributed by atoms with Gasteiger partial charge in [-0.05, 0) is 42.9 Å². The monoisotopic (exact) mass is 267 g/mol. The van der Waals surface area contributed by atoms with Crippen LogP contribution in [0.4, 0.5) is 0 Å². The summed E-state index contributed by atoms with van der Waals surface area (Å²) in [6, 6.07) is 12.8. The molecule has 0 aliphatic carbocycles. The van der Waals surface area contributed by atoms with Gasteiger partial charge in [-0.25, -0.2) is 0 Å². The number of hydrogen-bond donors (Lipinski definition) is 0. The summed E-state index contributed by atoms with van der Waals surface area (Å²) in [4.78, 5) is 4.64. The van der Waals surface area contributed by atoms with Crippen molar-refractivity contribution in [1.29, 1.82) is 0 Å². The second kappa shape index (κ2) is 7.23. The zero-order valence-electron chi connectivity index (χ0n) is 12.9. The number of aryl methyl sites for hydroxylation is 2. The van der Waals surface area contributed by atoms with Crippen LogP contribution in [0, 0.1) is 12.8 Å². The Labute approximate surface area is 123 Å². The summed E-state index contributed by atoms with van der Waals surface area (Å²) in [6.45, 7) is 6.71. The van der Waals surface area contributed by atoms with Gasteiger partial charge in [0.25, 0.3) is 0 Å². The van der Waals surface area contributed by atoms with E-state index in [2.05, 4.69) is 62.2 Å². The molecule has 0 N–H and O–H groups in total. The number of hydrogen-bond acceptors (Lipinski definition) is 1. The van der Waals surface area contributed by atoms with Crippen LogP contribution < -0.4 is 0 Å². The molecule has 1 aromatic heterocycles. The fraction of sp³-hybridized carbons (Fsp3) is 0.421. The Kier molecular flexibility index (Phi) is 5.34. The molecule has 0 amide bonds. The molecule has 1 heteroatoms. The van der Waals surface area contributed by atoms with Crippen LogP contribution >= 0.6 is 0 Å². The molecule has 0 bridgehead atoms. The van der Waals surface area contributed by atoms with E-state index in [4.69, 9.17) is 0 Å². The first kappa shape index (κ1) is 14.8. The lowest BCUT2D eigenvalue weighted by Gasteiger charge is -2.12. The molecule has 1 heterocycles. The molecule has 1 aromatic carbocycles. The fourth-order valence-electron chi connectivity index (χ4n) is 2.66. The van der Waals surface area contributed by atoms with Crippen LogP contribution in [0.5, 0.6) is 0 Å². The van der Waals surface area contributed by atoms with Gasteiger partial charge in [-0.1, -0.05) is 57.0 Å². The van der Waals surface area contributed by atoms with Crippen molar-refractivity contribution in [3.05, 3.63) is 53.7 Å². The lowest BCUT2D eigenvalue weighted by atomic mass is 9.95. The zero-order valence-corrected chi connectivity index (χ0v) is 12.9. The van der Waals surface area contributed by atoms with Gasteiger partial charge in [0.05, 0.1) is 5.69 Å². The number of pyridine rings is 1.